The molecule has 23 heavy (non-hydrogen) atoms. The second-order valence-corrected chi connectivity index (χ2v) is 5.49. The normalized spacial score (nSPS) is 10.9. The third-order valence-corrected chi connectivity index (χ3v) is 4.14. The molecule has 0 spiro atoms. The Morgan fingerprint density at radius 1 is 1.17 bits per heavy atom. The molecule has 2 aromatic carbocycles. The molecule has 0 saturated heterocycles. The van der Waals surface area contributed by atoms with Gasteiger partial charge in [-0.05, 0) is 30.2 Å². The maximum absolute atomic E-state index is 12.0. The molecule has 0 radical (unpaired) electrons. The average molecular weight is 308 g/mol. The zero-order valence-electron chi connectivity index (χ0n) is 13.4. The Bertz CT molecular complexity index is 851. The number of carbonyl (C=O) groups excluding carboxylic acids is 1. The minimum atomic E-state index is -0.396. The summed E-state index contributed by atoms with van der Waals surface area (Å²) in [6.07, 6.45) is 0.738. The van der Waals surface area contributed by atoms with Gasteiger partial charge in [0.25, 0.3) is 5.91 Å². The van der Waals surface area contributed by atoms with Crippen LogP contribution in [0.3, 0.4) is 0 Å². The van der Waals surface area contributed by atoms with Crippen molar-refractivity contribution in [3.8, 4) is 5.75 Å². The molecule has 0 unspecified atom stereocenters. The smallest absolute Gasteiger partial charge is 0.251 e. The number of primary amides is 1. The van der Waals surface area contributed by atoms with E-state index in [0.29, 0.717) is 12.1 Å². The molecule has 0 bridgehead atoms. The monoisotopic (exact) mass is 308 g/mol. The Morgan fingerprint density at radius 3 is 2.52 bits per heavy atom. The summed E-state index contributed by atoms with van der Waals surface area (Å²) in [5.41, 5.74) is 9.41. The van der Waals surface area contributed by atoms with Gasteiger partial charge < -0.3 is 15.0 Å². The summed E-state index contributed by atoms with van der Waals surface area (Å²) < 4.78 is 7.47. The highest BCUT2D eigenvalue weighted by atomic mass is 16.5. The quantitative estimate of drug-likeness (QED) is 0.785. The molecule has 0 atom stereocenters. The van der Waals surface area contributed by atoms with Gasteiger partial charge in [0, 0.05) is 23.1 Å². The van der Waals surface area contributed by atoms with E-state index in [-0.39, 0.29) is 0 Å². The molecule has 1 amide bonds. The second kappa shape index (κ2) is 6.16. The van der Waals surface area contributed by atoms with E-state index in [0.717, 1.165) is 28.8 Å². The predicted molar refractivity (Wildman–Crippen MR) is 91.9 cm³/mol. The molecule has 4 nitrogen and oxygen atoms in total. The standard InChI is InChI=1S/C19H20N2O2/c1-3-16-18(19(20)22)15-11-14(23-2)9-10-17(15)21(16)12-13-7-5-4-6-8-13/h4-11H,3,12H2,1-2H3,(H2,20,22). The molecule has 118 valence electrons. The molecule has 0 aliphatic carbocycles. The van der Waals surface area contributed by atoms with Gasteiger partial charge in [-0.2, -0.15) is 0 Å². The van der Waals surface area contributed by atoms with Crippen LogP contribution in [0.5, 0.6) is 5.75 Å². The molecule has 3 aromatic rings. The van der Waals surface area contributed by atoms with Crippen LogP contribution < -0.4 is 10.5 Å². The van der Waals surface area contributed by atoms with Gasteiger partial charge in [0.15, 0.2) is 0 Å². The summed E-state index contributed by atoms with van der Waals surface area (Å²) in [7, 11) is 1.62. The van der Waals surface area contributed by atoms with Crippen LogP contribution in [0.4, 0.5) is 0 Å². The Labute approximate surface area is 135 Å². The summed E-state index contributed by atoms with van der Waals surface area (Å²) in [4.78, 5) is 12.0. The van der Waals surface area contributed by atoms with E-state index in [1.54, 1.807) is 7.11 Å². The second-order valence-electron chi connectivity index (χ2n) is 5.49. The average Bonchev–Trinajstić information content (AvgIpc) is 2.88. The van der Waals surface area contributed by atoms with Crippen LogP contribution in [0.1, 0.15) is 28.5 Å². The van der Waals surface area contributed by atoms with Crippen molar-refractivity contribution in [3.05, 3.63) is 65.4 Å². The maximum Gasteiger partial charge on any atom is 0.251 e. The van der Waals surface area contributed by atoms with Gasteiger partial charge in [0.2, 0.25) is 0 Å². The number of amides is 1. The van der Waals surface area contributed by atoms with Crippen LogP contribution >= 0.6 is 0 Å². The van der Waals surface area contributed by atoms with Crippen molar-refractivity contribution in [2.75, 3.05) is 7.11 Å². The Kier molecular flexibility index (Phi) is 4.06. The fourth-order valence-corrected chi connectivity index (χ4v) is 3.10. The fourth-order valence-electron chi connectivity index (χ4n) is 3.10. The van der Waals surface area contributed by atoms with Gasteiger partial charge in [0.05, 0.1) is 12.7 Å². The summed E-state index contributed by atoms with van der Waals surface area (Å²) in [5.74, 6) is 0.325. The number of hydrogen-bond acceptors (Lipinski definition) is 2. The third-order valence-electron chi connectivity index (χ3n) is 4.14. The van der Waals surface area contributed by atoms with E-state index in [9.17, 15) is 4.79 Å². The van der Waals surface area contributed by atoms with Crippen LogP contribution in [0.15, 0.2) is 48.5 Å². The van der Waals surface area contributed by atoms with Gasteiger partial charge in [0.1, 0.15) is 5.75 Å². The fraction of sp³-hybridized carbons (Fsp3) is 0.211. The van der Waals surface area contributed by atoms with E-state index in [4.69, 9.17) is 10.5 Å². The number of hydrogen-bond donors (Lipinski definition) is 1. The van der Waals surface area contributed by atoms with Crippen molar-refractivity contribution in [1.82, 2.24) is 4.57 Å². The van der Waals surface area contributed by atoms with Crippen LogP contribution in [-0.2, 0) is 13.0 Å². The summed E-state index contributed by atoms with van der Waals surface area (Å²) in [6.45, 7) is 2.75. The molecule has 0 fully saturated rings. The van der Waals surface area contributed by atoms with E-state index in [1.165, 1.54) is 5.56 Å². The number of fused-ring (bicyclic) bond motifs is 1. The number of methoxy groups -OCH3 is 1. The lowest BCUT2D eigenvalue weighted by atomic mass is 10.1. The maximum atomic E-state index is 12.0. The molecule has 4 heteroatoms. The van der Waals surface area contributed by atoms with E-state index < -0.39 is 5.91 Å². The largest absolute Gasteiger partial charge is 0.497 e. The van der Waals surface area contributed by atoms with E-state index in [1.807, 2.05) is 43.3 Å². The first-order valence-corrected chi connectivity index (χ1v) is 7.68. The lowest BCUT2D eigenvalue weighted by Crippen LogP contribution is -2.14. The Hall–Kier alpha value is -2.75. The highest BCUT2D eigenvalue weighted by Crippen LogP contribution is 2.30. The number of aromatic nitrogens is 1. The van der Waals surface area contributed by atoms with E-state index >= 15 is 0 Å². The Balaban J connectivity index is 2.25. The van der Waals surface area contributed by atoms with Crippen molar-refractivity contribution >= 4 is 16.8 Å². The first-order valence-electron chi connectivity index (χ1n) is 7.68. The Morgan fingerprint density at radius 2 is 1.91 bits per heavy atom. The van der Waals surface area contributed by atoms with Crippen LogP contribution in [0.2, 0.25) is 0 Å². The zero-order valence-corrected chi connectivity index (χ0v) is 13.4. The molecule has 0 aliphatic rings. The van der Waals surface area contributed by atoms with Crippen LogP contribution in [0.25, 0.3) is 10.9 Å². The van der Waals surface area contributed by atoms with Crippen molar-refractivity contribution in [2.45, 2.75) is 19.9 Å². The summed E-state index contributed by atoms with van der Waals surface area (Å²) in [5, 5.41) is 0.852. The number of rotatable bonds is 5. The zero-order chi connectivity index (χ0) is 16.4. The minimum Gasteiger partial charge on any atom is -0.497 e. The number of nitrogens with two attached hydrogens (primary N) is 1. The molecule has 3 rings (SSSR count). The van der Waals surface area contributed by atoms with Crippen LogP contribution in [0, 0.1) is 0 Å². The van der Waals surface area contributed by atoms with Crippen molar-refractivity contribution in [3.63, 3.8) is 0 Å². The SMILES string of the molecule is CCc1c(C(N)=O)c2cc(OC)ccc2n1Cc1ccccc1. The first-order chi connectivity index (χ1) is 11.2. The summed E-state index contributed by atoms with van der Waals surface area (Å²) >= 11 is 0. The van der Waals surface area contributed by atoms with E-state index in [2.05, 4.69) is 16.7 Å². The van der Waals surface area contributed by atoms with Gasteiger partial charge >= 0.3 is 0 Å². The molecule has 2 N–H and O–H groups in total. The first kappa shape index (κ1) is 15.2. The van der Waals surface area contributed by atoms with Crippen LogP contribution in [-0.4, -0.2) is 17.6 Å². The predicted octanol–water partition coefficient (Wildman–Crippen LogP) is 3.36. The van der Waals surface area contributed by atoms with Gasteiger partial charge in [-0.15, -0.1) is 0 Å². The van der Waals surface area contributed by atoms with Crippen molar-refractivity contribution in [1.29, 1.82) is 0 Å². The van der Waals surface area contributed by atoms with Gasteiger partial charge in [-0.1, -0.05) is 37.3 Å². The molecule has 1 heterocycles. The third kappa shape index (κ3) is 2.68. The minimum absolute atomic E-state index is 0.396. The topological polar surface area (TPSA) is 57.3 Å². The molecular formula is C19H20N2O2. The highest BCUT2D eigenvalue weighted by molar-refractivity contribution is 6.08. The number of carbonyl (C=O) groups is 1. The lowest BCUT2D eigenvalue weighted by molar-refractivity contribution is 0.100. The van der Waals surface area contributed by atoms with Gasteiger partial charge in [-0.25, -0.2) is 0 Å². The highest BCUT2D eigenvalue weighted by Gasteiger charge is 2.20. The number of ether oxygens (including phenoxy) is 1. The lowest BCUT2D eigenvalue weighted by Gasteiger charge is -2.10. The molecule has 0 aliphatic heterocycles. The molecular weight excluding hydrogens is 288 g/mol. The van der Waals surface area contributed by atoms with Crippen molar-refractivity contribution < 1.29 is 9.53 Å². The molecule has 1 aromatic heterocycles. The number of benzene rings is 2. The van der Waals surface area contributed by atoms with Crippen molar-refractivity contribution in [2.24, 2.45) is 5.73 Å². The van der Waals surface area contributed by atoms with Gasteiger partial charge in [-0.3, -0.25) is 4.79 Å². The number of nitrogens with zero attached hydrogens (tertiary/aromatic N) is 1. The summed E-state index contributed by atoms with van der Waals surface area (Å²) in [6, 6.07) is 16.0. The molecule has 0 saturated carbocycles.